The molecule has 2 N–H and O–H groups in total. The smallest absolute Gasteiger partial charge is 0.251 e. The molecular weight excluding hydrogens is 268 g/mol. The van der Waals surface area contributed by atoms with Crippen molar-refractivity contribution in [3.63, 3.8) is 0 Å². The molecule has 3 rings (SSSR count). The molecule has 2 aromatic heterocycles. The predicted molar refractivity (Wildman–Crippen MR) is 76.6 cm³/mol. The average molecular weight is 282 g/mol. The van der Waals surface area contributed by atoms with Gasteiger partial charge < -0.3 is 5.32 Å². The Bertz CT molecular complexity index is 754. The molecule has 1 atom stereocenters. The zero-order valence-electron chi connectivity index (χ0n) is 11.4. The summed E-state index contributed by atoms with van der Waals surface area (Å²) in [7, 11) is 0. The van der Waals surface area contributed by atoms with E-state index in [0.29, 0.717) is 17.5 Å². The van der Waals surface area contributed by atoms with E-state index < -0.39 is 0 Å². The number of nitrogens with one attached hydrogen (secondary N) is 2. The van der Waals surface area contributed by atoms with Crippen LogP contribution in [0.2, 0.25) is 0 Å². The fourth-order valence-corrected chi connectivity index (χ4v) is 2.09. The molecule has 1 aromatic carbocycles. The lowest BCUT2D eigenvalue weighted by atomic mass is 10.1. The molecule has 2 heterocycles. The van der Waals surface area contributed by atoms with Gasteiger partial charge in [0.25, 0.3) is 5.91 Å². The number of H-pyrrole nitrogens is 1. The molecule has 0 spiro atoms. The summed E-state index contributed by atoms with van der Waals surface area (Å²) in [6.07, 6.45) is 5.60. The topological polar surface area (TPSA) is 96.5 Å². The van der Waals surface area contributed by atoms with E-state index in [-0.39, 0.29) is 11.9 Å². The molecule has 0 saturated carbocycles. The second-order valence-corrected chi connectivity index (χ2v) is 4.80. The van der Waals surface area contributed by atoms with E-state index in [1.807, 2.05) is 6.92 Å². The van der Waals surface area contributed by atoms with Crippen molar-refractivity contribution in [1.82, 2.24) is 30.7 Å². The van der Waals surface area contributed by atoms with Gasteiger partial charge in [0.15, 0.2) is 0 Å². The highest BCUT2D eigenvalue weighted by atomic mass is 16.1. The number of hydrogen-bond acceptors (Lipinski definition) is 5. The molecule has 106 valence electrons. The normalized spacial score (nSPS) is 12.2. The summed E-state index contributed by atoms with van der Waals surface area (Å²) >= 11 is 0. The summed E-state index contributed by atoms with van der Waals surface area (Å²) in [6, 6.07) is 5.17. The van der Waals surface area contributed by atoms with Crippen molar-refractivity contribution in [2.75, 3.05) is 0 Å². The maximum Gasteiger partial charge on any atom is 0.251 e. The summed E-state index contributed by atoms with van der Waals surface area (Å²) in [5, 5.41) is 13.4. The molecule has 1 amide bonds. The lowest BCUT2D eigenvalue weighted by Gasteiger charge is -2.13. The second kappa shape index (κ2) is 5.66. The number of rotatable bonds is 4. The number of carbonyl (C=O) groups excluding carboxylic acids is 1. The van der Waals surface area contributed by atoms with Crippen molar-refractivity contribution in [2.24, 2.45) is 0 Å². The fourth-order valence-electron chi connectivity index (χ4n) is 2.09. The Labute approximate surface area is 120 Å². The van der Waals surface area contributed by atoms with Crippen LogP contribution in [0.15, 0.2) is 36.8 Å². The first-order valence-corrected chi connectivity index (χ1v) is 6.58. The molecule has 0 unspecified atom stereocenters. The highest BCUT2D eigenvalue weighted by Crippen LogP contribution is 2.10. The van der Waals surface area contributed by atoms with E-state index in [9.17, 15) is 4.79 Å². The third-order valence-electron chi connectivity index (χ3n) is 3.09. The molecular formula is C14H14N6O. The van der Waals surface area contributed by atoms with Gasteiger partial charge in [0.1, 0.15) is 11.0 Å². The summed E-state index contributed by atoms with van der Waals surface area (Å²) in [4.78, 5) is 20.4. The standard InChI is InChI=1S/C14H14N6O/c1-9(6-11-8-15-4-5-16-11)17-14(21)10-2-3-12-13(7-10)19-20-18-12/h2-5,7-9H,6H2,1H3,(H,17,21)(H,18,19,20)/t9-/m0/s1. The molecule has 0 saturated heterocycles. The van der Waals surface area contributed by atoms with Gasteiger partial charge in [-0.15, -0.1) is 0 Å². The van der Waals surface area contributed by atoms with Crippen LogP contribution in [0.4, 0.5) is 0 Å². The van der Waals surface area contributed by atoms with E-state index in [1.165, 1.54) is 0 Å². The number of amides is 1. The van der Waals surface area contributed by atoms with Gasteiger partial charge in [-0.05, 0) is 25.1 Å². The number of aromatic nitrogens is 5. The summed E-state index contributed by atoms with van der Waals surface area (Å²) < 4.78 is 0. The zero-order valence-corrected chi connectivity index (χ0v) is 11.4. The van der Waals surface area contributed by atoms with E-state index in [2.05, 4.69) is 30.7 Å². The monoisotopic (exact) mass is 282 g/mol. The van der Waals surface area contributed by atoms with Crippen LogP contribution in [0, 0.1) is 0 Å². The fraction of sp³-hybridized carbons (Fsp3) is 0.214. The summed E-state index contributed by atoms with van der Waals surface area (Å²) in [5.74, 6) is -0.142. The maximum absolute atomic E-state index is 12.2. The number of carbonyl (C=O) groups is 1. The molecule has 0 bridgehead atoms. The average Bonchev–Trinajstić information content (AvgIpc) is 2.95. The van der Waals surface area contributed by atoms with Crippen molar-refractivity contribution in [2.45, 2.75) is 19.4 Å². The molecule has 7 heteroatoms. The van der Waals surface area contributed by atoms with Gasteiger partial charge in [-0.3, -0.25) is 14.8 Å². The summed E-state index contributed by atoms with van der Waals surface area (Å²) in [5.41, 5.74) is 2.81. The van der Waals surface area contributed by atoms with Crippen molar-refractivity contribution in [1.29, 1.82) is 0 Å². The third kappa shape index (κ3) is 3.02. The van der Waals surface area contributed by atoms with Crippen LogP contribution < -0.4 is 5.32 Å². The minimum Gasteiger partial charge on any atom is -0.349 e. The van der Waals surface area contributed by atoms with Gasteiger partial charge in [0.2, 0.25) is 0 Å². The molecule has 7 nitrogen and oxygen atoms in total. The summed E-state index contributed by atoms with van der Waals surface area (Å²) in [6.45, 7) is 1.93. The van der Waals surface area contributed by atoms with Gasteiger partial charge in [0, 0.05) is 36.6 Å². The van der Waals surface area contributed by atoms with Crippen molar-refractivity contribution >= 4 is 16.9 Å². The van der Waals surface area contributed by atoms with E-state index >= 15 is 0 Å². The highest BCUT2D eigenvalue weighted by molar-refractivity contribution is 5.97. The molecule has 3 aromatic rings. The van der Waals surface area contributed by atoms with Crippen molar-refractivity contribution in [3.8, 4) is 0 Å². The van der Waals surface area contributed by atoms with Crippen LogP contribution >= 0.6 is 0 Å². The van der Waals surface area contributed by atoms with Crippen molar-refractivity contribution in [3.05, 3.63) is 48.0 Å². The SMILES string of the molecule is C[C@@H](Cc1cnccn1)NC(=O)c1ccc2n[nH]nc2c1. The van der Waals surface area contributed by atoms with Crippen LogP contribution in [0.5, 0.6) is 0 Å². The first-order chi connectivity index (χ1) is 10.2. The van der Waals surface area contributed by atoms with Gasteiger partial charge in [-0.2, -0.15) is 15.4 Å². The van der Waals surface area contributed by atoms with E-state index in [4.69, 9.17) is 0 Å². The van der Waals surface area contributed by atoms with Crippen LogP contribution in [-0.2, 0) is 6.42 Å². The molecule has 0 aliphatic carbocycles. The Morgan fingerprint density at radius 1 is 1.29 bits per heavy atom. The van der Waals surface area contributed by atoms with Crippen LogP contribution in [-0.4, -0.2) is 37.3 Å². The van der Waals surface area contributed by atoms with Crippen LogP contribution in [0.1, 0.15) is 23.0 Å². The zero-order chi connectivity index (χ0) is 14.7. The maximum atomic E-state index is 12.2. The van der Waals surface area contributed by atoms with Gasteiger partial charge >= 0.3 is 0 Å². The Hall–Kier alpha value is -2.83. The van der Waals surface area contributed by atoms with Gasteiger partial charge in [-0.25, -0.2) is 0 Å². The molecule has 0 aliphatic heterocycles. The van der Waals surface area contributed by atoms with Gasteiger partial charge in [-0.1, -0.05) is 0 Å². The quantitative estimate of drug-likeness (QED) is 0.747. The number of aromatic amines is 1. The van der Waals surface area contributed by atoms with Crippen molar-refractivity contribution < 1.29 is 4.79 Å². The second-order valence-electron chi connectivity index (χ2n) is 4.80. The number of nitrogens with zero attached hydrogens (tertiary/aromatic N) is 4. The molecule has 0 radical (unpaired) electrons. The Balaban J connectivity index is 1.67. The van der Waals surface area contributed by atoms with Crippen LogP contribution in [0.25, 0.3) is 11.0 Å². The Morgan fingerprint density at radius 2 is 2.14 bits per heavy atom. The largest absolute Gasteiger partial charge is 0.349 e. The van der Waals surface area contributed by atoms with E-state index in [1.54, 1.807) is 36.8 Å². The first kappa shape index (κ1) is 13.2. The number of hydrogen-bond donors (Lipinski definition) is 2. The molecule has 0 aliphatic rings. The Morgan fingerprint density at radius 3 is 2.95 bits per heavy atom. The minimum atomic E-state index is -0.142. The third-order valence-corrected chi connectivity index (χ3v) is 3.09. The highest BCUT2D eigenvalue weighted by Gasteiger charge is 2.12. The lowest BCUT2D eigenvalue weighted by Crippen LogP contribution is -2.34. The first-order valence-electron chi connectivity index (χ1n) is 6.58. The number of benzene rings is 1. The van der Waals surface area contributed by atoms with Gasteiger partial charge in [0.05, 0.1) is 5.69 Å². The Kier molecular flexibility index (Phi) is 3.55. The predicted octanol–water partition coefficient (Wildman–Crippen LogP) is 1.11. The molecule has 0 fully saturated rings. The van der Waals surface area contributed by atoms with Crippen LogP contribution in [0.3, 0.4) is 0 Å². The minimum absolute atomic E-state index is 0.0396. The number of fused-ring (bicyclic) bond motifs is 1. The lowest BCUT2D eigenvalue weighted by molar-refractivity contribution is 0.0940. The van der Waals surface area contributed by atoms with E-state index in [0.717, 1.165) is 11.2 Å². The molecule has 21 heavy (non-hydrogen) atoms.